The van der Waals surface area contributed by atoms with Gasteiger partial charge in [0.2, 0.25) is 12.7 Å². The Hall–Kier alpha value is -3.64. The molecule has 0 saturated carbocycles. The van der Waals surface area contributed by atoms with Crippen LogP contribution in [0.1, 0.15) is 104 Å². The maximum atomic E-state index is 13.5. The highest BCUT2D eigenvalue weighted by Gasteiger charge is 2.36. The number of ketones is 1. The summed E-state index contributed by atoms with van der Waals surface area (Å²) in [6.45, 7) is 15.8. The number of amides is 1. The summed E-state index contributed by atoms with van der Waals surface area (Å²) in [7, 11) is 0. The molecule has 0 unspecified atom stereocenters. The van der Waals surface area contributed by atoms with E-state index in [1.165, 1.54) is 33.4 Å². The van der Waals surface area contributed by atoms with Crippen LogP contribution in [0.15, 0.2) is 48.5 Å². The summed E-state index contributed by atoms with van der Waals surface area (Å²) in [5, 5.41) is 3.30. The second-order valence-corrected chi connectivity index (χ2v) is 12.3. The minimum atomic E-state index is 0.0495. The number of hydrogen-bond donors (Lipinski definition) is 1. The van der Waals surface area contributed by atoms with Crippen LogP contribution in [0.5, 0.6) is 11.5 Å². The van der Waals surface area contributed by atoms with E-state index in [9.17, 15) is 9.59 Å². The highest BCUT2D eigenvalue weighted by molar-refractivity contribution is 5.94. The lowest BCUT2D eigenvalue weighted by molar-refractivity contribution is -0.118. The van der Waals surface area contributed by atoms with Crippen LogP contribution >= 0.6 is 0 Å². The van der Waals surface area contributed by atoms with E-state index >= 15 is 0 Å². The van der Waals surface area contributed by atoms with E-state index in [1.807, 2.05) is 6.07 Å². The van der Waals surface area contributed by atoms with E-state index in [0.717, 1.165) is 67.8 Å². The third-order valence-electron chi connectivity index (χ3n) is 8.84. The zero-order chi connectivity index (χ0) is 31.8. The smallest absolute Gasteiger partial charge is 0.238 e. The molecule has 1 fully saturated rings. The Labute approximate surface area is 264 Å². The maximum Gasteiger partial charge on any atom is 0.238 e. The van der Waals surface area contributed by atoms with E-state index in [0.29, 0.717) is 18.2 Å². The number of carbonyl (C=O) groups excluding carboxylic acids is 2. The quantitative estimate of drug-likeness (QED) is 0.254. The third kappa shape index (κ3) is 8.09. The number of hydrogen-bond acceptors (Lipinski definition) is 5. The lowest BCUT2D eigenvalue weighted by Gasteiger charge is -2.25. The van der Waals surface area contributed by atoms with Gasteiger partial charge in [-0.05, 0) is 93.2 Å². The molecule has 1 N–H and O–H groups in total. The van der Waals surface area contributed by atoms with Crippen molar-refractivity contribution in [3.63, 3.8) is 0 Å². The van der Waals surface area contributed by atoms with Crippen molar-refractivity contribution in [3.8, 4) is 11.5 Å². The molecule has 1 amide bonds. The standard InChI is InChI=1S/C32H38N2O3.C6H12O/c1-6-23-14-21(4)15-24(7-2)31(23)33-30(35)18-34-17-26(16-28(34)25-10-8-20(3)9-11-25)27-12-13-29-32(22(27)5)37-19-36-29;1-3-4-5-6(2)7/h8-15,26,28H,6-7,16-19H2,1-5H3,(H,33,35);3-5H2,1-2H3/t26-,28-;/m1./s1. The summed E-state index contributed by atoms with van der Waals surface area (Å²) in [4.78, 5) is 26.0. The average molecular weight is 599 g/mol. The minimum Gasteiger partial charge on any atom is -0.454 e. The van der Waals surface area contributed by atoms with Gasteiger partial charge in [0.15, 0.2) is 11.5 Å². The molecule has 44 heavy (non-hydrogen) atoms. The Bertz CT molecular complexity index is 1420. The molecule has 2 atom stereocenters. The van der Waals surface area contributed by atoms with Gasteiger partial charge in [-0.25, -0.2) is 0 Å². The molecule has 5 rings (SSSR count). The van der Waals surface area contributed by atoms with Gasteiger partial charge in [-0.3, -0.25) is 9.69 Å². The molecule has 0 aromatic heterocycles. The zero-order valence-corrected chi connectivity index (χ0v) is 27.7. The number of nitrogens with one attached hydrogen (secondary N) is 1. The molecule has 2 aliphatic rings. The van der Waals surface area contributed by atoms with E-state index in [1.54, 1.807) is 6.92 Å². The largest absolute Gasteiger partial charge is 0.454 e. The van der Waals surface area contributed by atoms with Crippen LogP contribution < -0.4 is 14.8 Å². The first-order chi connectivity index (χ1) is 21.1. The van der Waals surface area contributed by atoms with Crippen LogP contribution in [0.2, 0.25) is 0 Å². The van der Waals surface area contributed by atoms with Gasteiger partial charge in [0.1, 0.15) is 5.78 Å². The SMILES string of the molecule is CCCCC(C)=O.CCc1cc(C)cc(CC)c1NC(=O)CN1C[C@H](c2ccc3c(c2C)OCO3)C[C@@H]1c1ccc(C)cc1. The average Bonchev–Trinajstić information content (AvgIpc) is 3.65. The predicted octanol–water partition coefficient (Wildman–Crippen LogP) is 8.40. The number of fused-ring (bicyclic) bond motifs is 1. The van der Waals surface area contributed by atoms with Crippen molar-refractivity contribution < 1.29 is 19.1 Å². The highest BCUT2D eigenvalue weighted by atomic mass is 16.7. The number of Topliss-reactive ketones (excluding diaryl/α,β-unsaturated/α-hetero) is 1. The van der Waals surface area contributed by atoms with Gasteiger partial charge in [-0.1, -0.05) is 80.8 Å². The number of likely N-dealkylation sites (tertiary alicyclic amines) is 1. The summed E-state index contributed by atoms with van der Waals surface area (Å²) >= 11 is 0. The van der Waals surface area contributed by atoms with Crippen LogP contribution in [0, 0.1) is 20.8 Å². The fourth-order valence-corrected chi connectivity index (χ4v) is 6.46. The van der Waals surface area contributed by atoms with Crippen LogP contribution in [0.25, 0.3) is 0 Å². The summed E-state index contributed by atoms with van der Waals surface area (Å²) in [6.07, 6.45) is 5.68. The van der Waals surface area contributed by atoms with E-state index < -0.39 is 0 Å². The number of benzene rings is 3. The molecule has 0 bridgehead atoms. The van der Waals surface area contributed by atoms with E-state index in [2.05, 4.69) is 94.2 Å². The number of anilines is 1. The molecule has 3 aromatic rings. The Morgan fingerprint density at radius 1 is 0.909 bits per heavy atom. The number of aryl methyl sites for hydroxylation is 4. The first-order valence-electron chi connectivity index (χ1n) is 16.3. The molecule has 6 heteroatoms. The lowest BCUT2D eigenvalue weighted by atomic mass is 9.90. The van der Waals surface area contributed by atoms with Gasteiger partial charge in [-0.2, -0.15) is 0 Å². The first-order valence-corrected chi connectivity index (χ1v) is 16.3. The second-order valence-electron chi connectivity index (χ2n) is 12.3. The van der Waals surface area contributed by atoms with Gasteiger partial charge in [0.25, 0.3) is 0 Å². The summed E-state index contributed by atoms with van der Waals surface area (Å²) in [5.74, 6) is 2.35. The van der Waals surface area contributed by atoms with Crippen LogP contribution in [-0.4, -0.2) is 36.5 Å². The number of unbranched alkanes of at least 4 members (excludes halogenated alkanes) is 1. The summed E-state index contributed by atoms with van der Waals surface area (Å²) < 4.78 is 11.4. The molecule has 6 nitrogen and oxygen atoms in total. The normalized spacial score (nSPS) is 17.2. The fraction of sp³-hybridized carbons (Fsp3) is 0.474. The van der Waals surface area contributed by atoms with Crippen molar-refractivity contribution >= 4 is 17.4 Å². The van der Waals surface area contributed by atoms with E-state index in [4.69, 9.17) is 9.47 Å². The Balaban J connectivity index is 0.000000566. The molecule has 0 radical (unpaired) electrons. The third-order valence-corrected chi connectivity index (χ3v) is 8.84. The van der Waals surface area contributed by atoms with Crippen molar-refractivity contribution in [1.29, 1.82) is 0 Å². The van der Waals surface area contributed by atoms with Crippen LogP contribution in [0.3, 0.4) is 0 Å². The van der Waals surface area contributed by atoms with Gasteiger partial charge in [-0.15, -0.1) is 0 Å². The number of carbonyl (C=O) groups is 2. The maximum absolute atomic E-state index is 13.5. The van der Waals surface area contributed by atoms with Gasteiger partial charge in [0.05, 0.1) is 6.54 Å². The molecular weight excluding hydrogens is 548 g/mol. The molecule has 236 valence electrons. The lowest BCUT2D eigenvalue weighted by Crippen LogP contribution is -2.33. The summed E-state index contributed by atoms with van der Waals surface area (Å²) in [5.41, 5.74) is 9.58. The fourth-order valence-electron chi connectivity index (χ4n) is 6.46. The number of ether oxygens (including phenoxy) is 2. The molecule has 0 spiro atoms. The van der Waals surface area contributed by atoms with Crippen molar-refractivity contribution in [2.75, 3.05) is 25.2 Å². The zero-order valence-electron chi connectivity index (χ0n) is 27.7. The van der Waals surface area contributed by atoms with Crippen molar-refractivity contribution in [1.82, 2.24) is 4.90 Å². The van der Waals surface area contributed by atoms with Crippen LogP contribution in [0.4, 0.5) is 5.69 Å². The number of rotatable bonds is 10. The van der Waals surface area contributed by atoms with Gasteiger partial charge < -0.3 is 19.6 Å². The van der Waals surface area contributed by atoms with Gasteiger partial charge >= 0.3 is 0 Å². The Morgan fingerprint density at radius 3 is 2.18 bits per heavy atom. The molecule has 2 heterocycles. The molecule has 1 saturated heterocycles. The molecule has 3 aromatic carbocycles. The predicted molar refractivity (Wildman–Crippen MR) is 179 cm³/mol. The van der Waals surface area contributed by atoms with Gasteiger partial charge in [0, 0.05) is 24.7 Å². The van der Waals surface area contributed by atoms with Crippen molar-refractivity contribution in [2.24, 2.45) is 0 Å². The van der Waals surface area contributed by atoms with Crippen molar-refractivity contribution in [2.45, 2.75) is 99.0 Å². The monoisotopic (exact) mass is 598 g/mol. The highest BCUT2D eigenvalue weighted by Crippen LogP contribution is 2.45. The molecule has 2 aliphatic heterocycles. The Morgan fingerprint density at radius 2 is 1.59 bits per heavy atom. The molecular formula is C38H50N2O4. The first kappa shape index (κ1) is 33.3. The van der Waals surface area contributed by atoms with Crippen molar-refractivity contribution in [3.05, 3.63) is 87.5 Å². The van der Waals surface area contributed by atoms with E-state index in [-0.39, 0.29) is 18.7 Å². The minimum absolute atomic E-state index is 0.0495. The Kier molecular flexibility index (Phi) is 11.6. The second kappa shape index (κ2) is 15.4. The molecule has 0 aliphatic carbocycles. The number of nitrogens with zero attached hydrogens (tertiary/aromatic N) is 1. The van der Waals surface area contributed by atoms with Crippen LogP contribution in [-0.2, 0) is 22.4 Å². The topological polar surface area (TPSA) is 67.9 Å². The summed E-state index contributed by atoms with van der Waals surface area (Å²) in [6, 6.07) is 17.5.